The molecule has 2 aromatic rings. The van der Waals surface area contributed by atoms with Crippen molar-refractivity contribution in [3.8, 4) is 11.1 Å². The van der Waals surface area contributed by atoms with Gasteiger partial charge < -0.3 is 10.6 Å². The van der Waals surface area contributed by atoms with Crippen molar-refractivity contribution in [2.75, 3.05) is 13.1 Å². The van der Waals surface area contributed by atoms with Gasteiger partial charge in [0.05, 0.1) is 5.41 Å². The number of amides is 2. The van der Waals surface area contributed by atoms with Crippen LogP contribution in [0.5, 0.6) is 0 Å². The number of benzene rings is 1. The van der Waals surface area contributed by atoms with Crippen LogP contribution in [0.25, 0.3) is 11.1 Å². The minimum atomic E-state index is -0.594. The summed E-state index contributed by atoms with van der Waals surface area (Å²) in [6.45, 7) is 1.24. The average Bonchev–Trinajstić information content (AvgIpc) is 3.54. The number of nitrogens with zero attached hydrogens (tertiary/aromatic N) is 2. The maximum atomic E-state index is 12.5. The Balaban J connectivity index is 1.57. The number of primary amides is 1. The first-order valence-corrected chi connectivity index (χ1v) is 9.66. The van der Waals surface area contributed by atoms with E-state index in [2.05, 4.69) is 17.1 Å². The summed E-state index contributed by atoms with van der Waals surface area (Å²) in [5.74, 6) is 0.217. The summed E-state index contributed by atoms with van der Waals surface area (Å²) in [6.07, 6.45) is 7.43. The Morgan fingerprint density at radius 2 is 1.74 bits per heavy atom. The van der Waals surface area contributed by atoms with Crippen molar-refractivity contribution < 1.29 is 9.59 Å². The molecule has 0 spiro atoms. The number of carbonyl (C=O) groups excluding carboxylic acids is 2. The molecule has 1 saturated heterocycles. The lowest BCUT2D eigenvalue weighted by atomic mass is 9.72. The van der Waals surface area contributed by atoms with E-state index in [4.69, 9.17) is 5.73 Å². The molecule has 27 heavy (non-hydrogen) atoms. The van der Waals surface area contributed by atoms with Crippen LogP contribution in [0.3, 0.4) is 0 Å². The zero-order valence-corrected chi connectivity index (χ0v) is 15.4. The highest BCUT2D eigenvalue weighted by atomic mass is 16.2. The van der Waals surface area contributed by atoms with Gasteiger partial charge in [-0.1, -0.05) is 24.3 Å². The van der Waals surface area contributed by atoms with Crippen molar-refractivity contribution in [1.82, 2.24) is 9.88 Å². The van der Waals surface area contributed by atoms with E-state index in [1.165, 1.54) is 0 Å². The maximum absolute atomic E-state index is 12.5. The van der Waals surface area contributed by atoms with E-state index in [9.17, 15) is 9.59 Å². The molecule has 2 amide bonds. The molecule has 1 aliphatic carbocycles. The molecule has 5 nitrogen and oxygen atoms in total. The lowest BCUT2D eigenvalue weighted by molar-refractivity contribution is -0.139. The largest absolute Gasteiger partial charge is 0.369 e. The highest BCUT2D eigenvalue weighted by molar-refractivity contribution is 5.84. The quantitative estimate of drug-likeness (QED) is 0.887. The van der Waals surface area contributed by atoms with Crippen molar-refractivity contribution in [2.24, 2.45) is 17.1 Å². The first kappa shape index (κ1) is 17.7. The van der Waals surface area contributed by atoms with Crippen molar-refractivity contribution in [3.05, 3.63) is 54.4 Å². The zero-order valence-electron chi connectivity index (χ0n) is 15.4. The molecule has 2 heterocycles. The Labute approximate surface area is 159 Å². The van der Waals surface area contributed by atoms with E-state index in [1.807, 2.05) is 29.2 Å². The van der Waals surface area contributed by atoms with Gasteiger partial charge in [0.1, 0.15) is 0 Å². The summed E-state index contributed by atoms with van der Waals surface area (Å²) in [4.78, 5) is 30.8. The van der Waals surface area contributed by atoms with Gasteiger partial charge in [0.15, 0.2) is 0 Å². The standard InChI is InChI=1S/C22H25N3O2/c23-21(27)22(9-13-25(14-10-22)20(26)17-5-6-17)15-18-3-1-2-4-19(18)16-7-11-24-12-8-16/h1-4,7-8,11-12,17H,5-6,9-10,13-15H2,(H2,23,27). The van der Waals surface area contributed by atoms with Crippen LogP contribution in [0, 0.1) is 11.3 Å². The highest BCUT2D eigenvalue weighted by Gasteiger charge is 2.43. The molecule has 140 valence electrons. The molecule has 0 bridgehead atoms. The topological polar surface area (TPSA) is 76.3 Å². The van der Waals surface area contributed by atoms with Crippen LogP contribution in [0.1, 0.15) is 31.2 Å². The second kappa shape index (κ2) is 7.14. The number of aromatic nitrogens is 1. The fourth-order valence-corrected chi connectivity index (χ4v) is 4.11. The van der Waals surface area contributed by atoms with Gasteiger partial charge in [0, 0.05) is 31.4 Å². The first-order chi connectivity index (χ1) is 13.1. The molecule has 1 aliphatic heterocycles. The van der Waals surface area contributed by atoms with E-state index in [0.717, 1.165) is 29.5 Å². The average molecular weight is 363 g/mol. The Morgan fingerprint density at radius 3 is 2.37 bits per heavy atom. The summed E-state index contributed by atoms with van der Waals surface area (Å²) in [6, 6.07) is 12.1. The smallest absolute Gasteiger partial charge is 0.225 e. The predicted octanol–water partition coefficient (Wildman–Crippen LogP) is 2.80. The van der Waals surface area contributed by atoms with Crippen LogP contribution in [-0.2, 0) is 16.0 Å². The number of carbonyl (C=O) groups is 2. The number of likely N-dealkylation sites (tertiary alicyclic amines) is 1. The third kappa shape index (κ3) is 3.59. The molecule has 2 fully saturated rings. The van der Waals surface area contributed by atoms with Crippen LogP contribution in [-0.4, -0.2) is 34.8 Å². The van der Waals surface area contributed by atoms with Crippen LogP contribution in [0.4, 0.5) is 0 Å². The molecule has 1 saturated carbocycles. The summed E-state index contributed by atoms with van der Waals surface area (Å²) < 4.78 is 0. The third-order valence-electron chi connectivity index (χ3n) is 6.02. The fourth-order valence-electron chi connectivity index (χ4n) is 4.11. The lowest BCUT2D eigenvalue weighted by Gasteiger charge is -2.40. The van der Waals surface area contributed by atoms with Crippen LogP contribution >= 0.6 is 0 Å². The fraction of sp³-hybridized carbons (Fsp3) is 0.409. The predicted molar refractivity (Wildman–Crippen MR) is 104 cm³/mol. The minimum absolute atomic E-state index is 0.221. The van der Waals surface area contributed by atoms with E-state index >= 15 is 0 Å². The van der Waals surface area contributed by atoms with E-state index in [-0.39, 0.29) is 17.7 Å². The number of hydrogen-bond donors (Lipinski definition) is 1. The van der Waals surface area contributed by atoms with Crippen molar-refractivity contribution in [2.45, 2.75) is 32.1 Å². The molecule has 0 atom stereocenters. The van der Waals surface area contributed by atoms with E-state index in [0.29, 0.717) is 32.4 Å². The molecule has 2 N–H and O–H groups in total. The minimum Gasteiger partial charge on any atom is -0.369 e. The number of nitrogens with two attached hydrogens (primary N) is 1. The van der Waals surface area contributed by atoms with Crippen molar-refractivity contribution >= 4 is 11.8 Å². The monoisotopic (exact) mass is 363 g/mol. The molecule has 1 aromatic heterocycles. The zero-order chi connectivity index (χ0) is 18.9. The van der Waals surface area contributed by atoms with Gasteiger partial charge in [-0.25, -0.2) is 0 Å². The van der Waals surface area contributed by atoms with Crippen molar-refractivity contribution in [1.29, 1.82) is 0 Å². The van der Waals surface area contributed by atoms with E-state index in [1.54, 1.807) is 12.4 Å². The first-order valence-electron chi connectivity index (χ1n) is 9.66. The summed E-state index contributed by atoms with van der Waals surface area (Å²) in [5, 5.41) is 0. The van der Waals surface area contributed by atoms with Crippen LogP contribution < -0.4 is 5.73 Å². The van der Waals surface area contributed by atoms with E-state index < -0.39 is 5.41 Å². The Morgan fingerprint density at radius 1 is 1.07 bits per heavy atom. The molecule has 0 unspecified atom stereocenters. The normalized spacial score (nSPS) is 18.9. The highest BCUT2D eigenvalue weighted by Crippen LogP contribution is 2.39. The van der Waals surface area contributed by atoms with Crippen LogP contribution in [0.2, 0.25) is 0 Å². The molecule has 2 aliphatic rings. The second-order valence-corrected chi connectivity index (χ2v) is 7.81. The summed E-state index contributed by atoms with van der Waals surface area (Å²) in [7, 11) is 0. The number of pyridine rings is 1. The van der Waals surface area contributed by atoms with Gasteiger partial charge in [-0.05, 0) is 60.9 Å². The van der Waals surface area contributed by atoms with Gasteiger partial charge in [0.25, 0.3) is 0 Å². The second-order valence-electron chi connectivity index (χ2n) is 7.81. The summed E-state index contributed by atoms with van der Waals surface area (Å²) >= 11 is 0. The number of rotatable bonds is 5. The van der Waals surface area contributed by atoms with Gasteiger partial charge in [0.2, 0.25) is 11.8 Å². The van der Waals surface area contributed by atoms with Gasteiger partial charge in [-0.15, -0.1) is 0 Å². The maximum Gasteiger partial charge on any atom is 0.225 e. The molecule has 4 rings (SSSR count). The number of hydrogen-bond acceptors (Lipinski definition) is 3. The van der Waals surface area contributed by atoms with Gasteiger partial charge >= 0.3 is 0 Å². The Bertz CT molecular complexity index is 838. The lowest BCUT2D eigenvalue weighted by Crippen LogP contribution is -2.50. The van der Waals surface area contributed by atoms with Gasteiger partial charge in [-0.3, -0.25) is 14.6 Å². The third-order valence-corrected chi connectivity index (χ3v) is 6.02. The Kier molecular flexibility index (Phi) is 4.68. The SMILES string of the molecule is NC(=O)C1(Cc2ccccc2-c2ccncc2)CCN(C(=O)C2CC2)CC1. The molecule has 1 aromatic carbocycles. The van der Waals surface area contributed by atoms with Crippen LogP contribution in [0.15, 0.2) is 48.8 Å². The molecular formula is C22H25N3O2. The van der Waals surface area contributed by atoms with Crippen molar-refractivity contribution in [3.63, 3.8) is 0 Å². The Hall–Kier alpha value is -2.69. The molecular weight excluding hydrogens is 338 g/mol. The molecule has 0 radical (unpaired) electrons. The summed E-state index contributed by atoms with van der Waals surface area (Å²) in [5.41, 5.74) is 8.59. The molecule has 5 heteroatoms. The van der Waals surface area contributed by atoms with Gasteiger partial charge in [-0.2, -0.15) is 0 Å². The number of piperidine rings is 1.